The van der Waals surface area contributed by atoms with Crippen LogP contribution in [0.2, 0.25) is 0 Å². The van der Waals surface area contributed by atoms with Crippen LogP contribution in [-0.4, -0.2) is 11.8 Å². The van der Waals surface area contributed by atoms with Gasteiger partial charge in [0.1, 0.15) is 23.1 Å². The molecule has 0 aromatic heterocycles. The third-order valence-corrected chi connectivity index (χ3v) is 5.06. The molecule has 5 nitrogen and oxygen atoms in total. The molecule has 1 atom stereocenters. The Kier molecular flexibility index (Phi) is 6.90. The SMILES string of the molecule is Cc1cc(F)ccc1Oc1ccc(C(F)(F)F)cc1C(=O)Nc1ccc(F)c(C(C)C(N)=O)c1. The number of carbonyl (C=O) groups excluding carboxylic acids is 2. The zero-order chi connectivity index (χ0) is 25.2. The molecule has 0 saturated heterocycles. The van der Waals surface area contributed by atoms with Crippen molar-refractivity contribution in [2.24, 2.45) is 5.73 Å². The number of benzene rings is 3. The van der Waals surface area contributed by atoms with E-state index in [0.717, 1.165) is 24.3 Å². The van der Waals surface area contributed by atoms with Gasteiger partial charge < -0.3 is 15.8 Å². The Labute approximate surface area is 191 Å². The second kappa shape index (κ2) is 9.50. The minimum absolute atomic E-state index is 0.0239. The summed E-state index contributed by atoms with van der Waals surface area (Å²) in [5, 5.41) is 2.38. The molecule has 3 N–H and O–H groups in total. The van der Waals surface area contributed by atoms with Gasteiger partial charge in [0.2, 0.25) is 5.91 Å². The molecule has 178 valence electrons. The van der Waals surface area contributed by atoms with E-state index in [1.54, 1.807) is 0 Å². The van der Waals surface area contributed by atoms with Gasteiger partial charge in [-0.05, 0) is 74.0 Å². The molecule has 0 heterocycles. The first kappa shape index (κ1) is 24.7. The fourth-order valence-corrected chi connectivity index (χ4v) is 3.12. The van der Waals surface area contributed by atoms with E-state index in [9.17, 15) is 31.5 Å². The van der Waals surface area contributed by atoms with Crippen molar-refractivity contribution < 1.29 is 36.3 Å². The van der Waals surface area contributed by atoms with Crippen LogP contribution in [0, 0.1) is 18.6 Å². The standard InChI is InChI=1S/C24H19F5N2O3/c1-12-9-15(25)4-8-20(12)34-21-7-3-14(24(27,28)29)10-18(21)23(33)31-16-5-6-19(26)17(11-16)13(2)22(30)32/h3-11,13H,1-2H3,(H2,30,32)(H,31,33). The predicted molar refractivity (Wildman–Crippen MR) is 115 cm³/mol. The molecule has 2 amide bonds. The van der Waals surface area contributed by atoms with Gasteiger partial charge >= 0.3 is 6.18 Å². The number of anilines is 1. The number of ether oxygens (including phenoxy) is 1. The van der Waals surface area contributed by atoms with Crippen LogP contribution in [-0.2, 0) is 11.0 Å². The molecule has 10 heteroatoms. The van der Waals surface area contributed by atoms with E-state index < -0.39 is 46.7 Å². The maximum Gasteiger partial charge on any atom is 0.416 e. The maximum atomic E-state index is 14.1. The lowest BCUT2D eigenvalue weighted by atomic mass is 9.99. The second-order valence-corrected chi connectivity index (χ2v) is 7.54. The van der Waals surface area contributed by atoms with Crippen molar-refractivity contribution in [2.75, 3.05) is 5.32 Å². The molecule has 0 aliphatic carbocycles. The summed E-state index contributed by atoms with van der Waals surface area (Å²) < 4.78 is 73.0. The summed E-state index contributed by atoms with van der Waals surface area (Å²) in [6.07, 6.45) is -4.74. The lowest BCUT2D eigenvalue weighted by Crippen LogP contribution is -2.20. The molecule has 0 saturated carbocycles. The first-order chi connectivity index (χ1) is 15.9. The average Bonchev–Trinajstić information content (AvgIpc) is 2.75. The highest BCUT2D eigenvalue weighted by atomic mass is 19.4. The highest BCUT2D eigenvalue weighted by molar-refractivity contribution is 6.06. The summed E-state index contributed by atoms with van der Waals surface area (Å²) in [4.78, 5) is 24.4. The summed E-state index contributed by atoms with van der Waals surface area (Å²) in [6, 6.07) is 9.23. The fourth-order valence-electron chi connectivity index (χ4n) is 3.12. The van der Waals surface area contributed by atoms with Crippen LogP contribution < -0.4 is 15.8 Å². The smallest absolute Gasteiger partial charge is 0.416 e. The van der Waals surface area contributed by atoms with E-state index in [0.29, 0.717) is 11.6 Å². The highest BCUT2D eigenvalue weighted by Gasteiger charge is 2.32. The zero-order valence-corrected chi connectivity index (χ0v) is 18.0. The lowest BCUT2D eigenvalue weighted by molar-refractivity contribution is -0.137. The van der Waals surface area contributed by atoms with E-state index in [4.69, 9.17) is 10.5 Å². The van der Waals surface area contributed by atoms with Crippen molar-refractivity contribution in [1.82, 2.24) is 0 Å². The molecule has 3 rings (SSSR count). The molecule has 0 fully saturated rings. The number of rotatable bonds is 6. The van der Waals surface area contributed by atoms with Gasteiger partial charge in [0, 0.05) is 11.3 Å². The van der Waals surface area contributed by atoms with Crippen molar-refractivity contribution in [2.45, 2.75) is 25.9 Å². The number of nitrogens with one attached hydrogen (secondary N) is 1. The number of carbonyl (C=O) groups is 2. The van der Waals surface area contributed by atoms with Crippen molar-refractivity contribution in [3.63, 3.8) is 0 Å². The van der Waals surface area contributed by atoms with Gasteiger partial charge in [-0.2, -0.15) is 13.2 Å². The molecule has 1 unspecified atom stereocenters. The van der Waals surface area contributed by atoms with Crippen LogP contribution in [0.3, 0.4) is 0 Å². The Morgan fingerprint density at radius 1 is 0.971 bits per heavy atom. The van der Waals surface area contributed by atoms with Gasteiger partial charge in [-0.3, -0.25) is 9.59 Å². The number of nitrogens with two attached hydrogens (primary N) is 1. The minimum atomic E-state index is -4.74. The van der Waals surface area contributed by atoms with E-state index in [1.165, 1.54) is 38.1 Å². The van der Waals surface area contributed by atoms with Crippen LogP contribution in [0.25, 0.3) is 0 Å². The molecule has 3 aromatic rings. The Morgan fingerprint density at radius 3 is 2.26 bits per heavy atom. The predicted octanol–water partition coefficient (Wildman–Crippen LogP) is 5.93. The van der Waals surface area contributed by atoms with Gasteiger partial charge in [-0.1, -0.05) is 0 Å². The number of aryl methyl sites for hydroxylation is 1. The molecule has 34 heavy (non-hydrogen) atoms. The van der Waals surface area contributed by atoms with Crippen molar-refractivity contribution in [3.05, 3.63) is 88.5 Å². The summed E-state index contributed by atoms with van der Waals surface area (Å²) in [5.41, 5.74) is 3.94. The monoisotopic (exact) mass is 478 g/mol. The third-order valence-electron chi connectivity index (χ3n) is 5.06. The molecule has 0 aliphatic rings. The largest absolute Gasteiger partial charge is 0.456 e. The normalized spacial score (nSPS) is 12.2. The van der Waals surface area contributed by atoms with Crippen LogP contribution >= 0.6 is 0 Å². The van der Waals surface area contributed by atoms with Gasteiger partial charge in [0.15, 0.2) is 0 Å². The van der Waals surface area contributed by atoms with Crippen LogP contribution in [0.5, 0.6) is 11.5 Å². The van der Waals surface area contributed by atoms with Crippen molar-refractivity contribution in [3.8, 4) is 11.5 Å². The second-order valence-electron chi connectivity index (χ2n) is 7.54. The van der Waals surface area contributed by atoms with E-state index in [-0.39, 0.29) is 22.7 Å². The summed E-state index contributed by atoms with van der Waals surface area (Å²) in [6.45, 7) is 2.90. The molecule has 0 aliphatic heterocycles. The first-order valence-electron chi connectivity index (χ1n) is 9.92. The topological polar surface area (TPSA) is 81.4 Å². The average molecular weight is 478 g/mol. The molecular weight excluding hydrogens is 459 g/mol. The van der Waals surface area contributed by atoms with E-state index >= 15 is 0 Å². The Morgan fingerprint density at radius 2 is 1.65 bits per heavy atom. The van der Waals surface area contributed by atoms with Gasteiger partial charge in [-0.25, -0.2) is 8.78 Å². The third kappa shape index (κ3) is 5.51. The molecule has 3 aromatic carbocycles. The van der Waals surface area contributed by atoms with E-state index in [1.807, 2.05) is 0 Å². The van der Waals surface area contributed by atoms with Gasteiger partial charge in [0.05, 0.1) is 17.0 Å². The molecule has 0 bridgehead atoms. The van der Waals surface area contributed by atoms with Gasteiger partial charge in [-0.15, -0.1) is 0 Å². The summed E-state index contributed by atoms with van der Waals surface area (Å²) >= 11 is 0. The number of halogens is 5. The van der Waals surface area contributed by atoms with Crippen LogP contribution in [0.4, 0.5) is 27.6 Å². The Balaban J connectivity index is 2.00. The molecule has 0 spiro atoms. The van der Waals surface area contributed by atoms with Crippen LogP contribution in [0.15, 0.2) is 54.6 Å². The van der Waals surface area contributed by atoms with Crippen molar-refractivity contribution >= 4 is 17.5 Å². The summed E-state index contributed by atoms with van der Waals surface area (Å²) in [5.74, 6) is -4.14. The number of primary amides is 1. The minimum Gasteiger partial charge on any atom is -0.456 e. The maximum absolute atomic E-state index is 14.1. The van der Waals surface area contributed by atoms with Crippen molar-refractivity contribution in [1.29, 1.82) is 0 Å². The Bertz CT molecular complexity index is 1260. The number of hydrogen-bond donors (Lipinski definition) is 2. The number of hydrogen-bond acceptors (Lipinski definition) is 3. The number of alkyl halides is 3. The highest BCUT2D eigenvalue weighted by Crippen LogP contribution is 2.35. The first-order valence-corrected chi connectivity index (χ1v) is 9.92. The molecule has 0 radical (unpaired) electrons. The fraction of sp³-hybridized carbons (Fsp3) is 0.167. The van der Waals surface area contributed by atoms with E-state index in [2.05, 4.69) is 5.32 Å². The Hall–Kier alpha value is -3.95. The zero-order valence-electron chi connectivity index (χ0n) is 18.0. The lowest BCUT2D eigenvalue weighted by Gasteiger charge is -2.16. The summed E-state index contributed by atoms with van der Waals surface area (Å²) in [7, 11) is 0. The van der Waals surface area contributed by atoms with Gasteiger partial charge in [0.25, 0.3) is 5.91 Å². The quantitative estimate of drug-likeness (QED) is 0.431. The molecular formula is C24H19F5N2O3. The number of amides is 2. The van der Waals surface area contributed by atoms with Crippen LogP contribution in [0.1, 0.15) is 39.9 Å².